The molecule has 0 bridgehead atoms. The molecule has 0 spiro atoms. The molecule has 0 saturated heterocycles. The molecule has 3 heteroatoms. The van der Waals surface area contributed by atoms with E-state index in [9.17, 15) is 10.2 Å². The summed E-state index contributed by atoms with van der Waals surface area (Å²) in [5.41, 5.74) is 0. The minimum Gasteiger partial charge on any atom is -0.393 e. The lowest BCUT2D eigenvalue weighted by atomic mass is 9.78. The molecule has 2 N–H and O–H groups in total. The Morgan fingerprint density at radius 3 is 1.89 bits per heavy atom. The second kappa shape index (κ2) is 7.61. The first-order chi connectivity index (χ1) is 9.20. The minimum absolute atomic E-state index is 0.296. The Hall–Kier alpha value is -0.120. The summed E-state index contributed by atoms with van der Waals surface area (Å²) < 4.78 is 5.36. The van der Waals surface area contributed by atoms with E-state index in [0.29, 0.717) is 24.4 Å². The van der Waals surface area contributed by atoms with Crippen LogP contribution >= 0.6 is 0 Å². The molecule has 0 aliphatic heterocycles. The van der Waals surface area contributed by atoms with Crippen LogP contribution in [0.5, 0.6) is 0 Å². The van der Waals surface area contributed by atoms with Crippen LogP contribution in [0.3, 0.4) is 0 Å². The summed E-state index contributed by atoms with van der Waals surface area (Å²) in [6, 6.07) is 0. The van der Waals surface area contributed by atoms with Crippen molar-refractivity contribution in [1.82, 2.24) is 0 Å². The van der Waals surface area contributed by atoms with Crippen LogP contribution in [0.2, 0.25) is 0 Å². The molecular formula is C16H30O3. The molecule has 2 rings (SSSR count). The maximum Gasteiger partial charge on any atom is 0.0593 e. The SMILES string of the molecule is COC1CCC(C(O)CC(O)C2CCCCC2)CC1. The molecule has 0 heterocycles. The summed E-state index contributed by atoms with van der Waals surface area (Å²) in [5.74, 6) is 0.795. The summed E-state index contributed by atoms with van der Waals surface area (Å²) in [7, 11) is 1.77. The van der Waals surface area contributed by atoms with Gasteiger partial charge in [-0.1, -0.05) is 19.3 Å². The molecule has 2 fully saturated rings. The predicted molar refractivity (Wildman–Crippen MR) is 76.0 cm³/mol. The Balaban J connectivity index is 1.72. The normalized spacial score (nSPS) is 33.0. The van der Waals surface area contributed by atoms with Crippen molar-refractivity contribution in [3.63, 3.8) is 0 Å². The molecule has 3 nitrogen and oxygen atoms in total. The Kier molecular flexibility index (Phi) is 6.11. The second-order valence-corrected chi connectivity index (χ2v) is 6.54. The summed E-state index contributed by atoms with van der Waals surface area (Å²) >= 11 is 0. The van der Waals surface area contributed by atoms with Gasteiger partial charge in [0, 0.05) is 7.11 Å². The van der Waals surface area contributed by atoms with Crippen LogP contribution < -0.4 is 0 Å². The summed E-state index contributed by atoms with van der Waals surface area (Å²) in [5, 5.41) is 20.6. The van der Waals surface area contributed by atoms with Gasteiger partial charge < -0.3 is 14.9 Å². The average Bonchev–Trinajstić information content (AvgIpc) is 2.48. The van der Waals surface area contributed by atoms with Gasteiger partial charge in [0.05, 0.1) is 18.3 Å². The number of hydrogen-bond donors (Lipinski definition) is 2. The van der Waals surface area contributed by atoms with Crippen molar-refractivity contribution in [2.75, 3.05) is 7.11 Å². The van der Waals surface area contributed by atoms with Gasteiger partial charge in [0.2, 0.25) is 0 Å². The Labute approximate surface area is 117 Å². The number of rotatable bonds is 5. The van der Waals surface area contributed by atoms with Gasteiger partial charge in [0.25, 0.3) is 0 Å². The van der Waals surface area contributed by atoms with Gasteiger partial charge in [-0.15, -0.1) is 0 Å². The number of aliphatic hydroxyl groups is 2. The molecule has 0 radical (unpaired) electrons. The highest BCUT2D eigenvalue weighted by molar-refractivity contribution is 4.82. The van der Waals surface area contributed by atoms with Gasteiger partial charge in [0.1, 0.15) is 0 Å². The number of ether oxygens (including phenoxy) is 1. The zero-order valence-electron chi connectivity index (χ0n) is 12.3. The fourth-order valence-corrected chi connectivity index (χ4v) is 3.86. The minimum atomic E-state index is -0.324. The Morgan fingerprint density at radius 2 is 1.37 bits per heavy atom. The van der Waals surface area contributed by atoms with Gasteiger partial charge >= 0.3 is 0 Å². The highest BCUT2D eigenvalue weighted by Crippen LogP contribution is 2.33. The van der Waals surface area contributed by atoms with Crippen molar-refractivity contribution in [1.29, 1.82) is 0 Å². The van der Waals surface area contributed by atoms with Gasteiger partial charge in [-0.2, -0.15) is 0 Å². The van der Waals surface area contributed by atoms with Crippen molar-refractivity contribution in [3.05, 3.63) is 0 Å². The average molecular weight is 270 g/mol. The molecule has 2 saturated carbocycles. The summed E-state index contributed by atoms with van der Waals surface area (Å²) in [6.45, 7) is 0. The van der Waals surface area contributed by atoms with Crippen LogP contribution in [0.1, 0.15) is 64.2 Å². The van der Waals surface area contributed by atoms with Crippen molar-refractivity contribution >= 4 is 0 Å². The summed E-state index contributed by atoms with van der Waals surface area (Å²) in [4.78, 5) is 0. The predicted octanol–water partition coefficient (Wildman–Crippen LogP) is 2.88. The fourth-order valence-electron chi connectivity index (χ4n) is 3.86. The van der Waals surface area contributed by atoms with Crippen LogP contribution in [0.4, 0.5) is 0 Å². The third kappa shape index (κ3) is 4.44. The van der Waals surface area contributed by atoms with Gasteiger partial charge in [-0.25, -0.2) is 0 Å². The lowest BCUT2D eigenvalue weighted by Crippen LogP contribution is -2.34. The van der Waals surface area contributed by atoms with E-state index in [-0.39, 0.29) is 12.2 Å². The largest absolute Gasteiger partial charge is 0.393 e. The molecule has 0 aromatic carbocycles. The van der Waals surface area contributed by atoms with Crippen LogP contribution in [0.15, 0.2) is 0 Å². The number of aliphatic hydroxyl groups excluding tert-OH is 2. The molecule has 19 heavy (non-hydrogen) atoms. The van der Waals surface area contributed by atoms with Gasteiger partial charge in [0.15, 0.2) is 0 Å². The van der Waals surface area contributed by atoms with E-state index >= 15 is 0 Å². The van der Waals surface area contributed by atoms with Gasteiger partial charge in [-0.05, 0) is 56.8 Å². The molecule has 0 aromatic rings. The zero-order valence-corrected chi connectivity index (χ0v) is 12.3. The first-order valence-corrected chi connectivity index (χ1v) is 8.09. The van der Waals surface area contributed by atoms with Crippen LogP contribution in [-0.2, 0) is 4.74 Å². The lowest BCUT2D eigenvalue weighted by molar-refractivity contribution is -0.0173. The van der Waals surface area contributed by atoms with E-state index in [1.54, 1.807) is 7.11 Å². The van der Waals surface area contributed by atoms with Crippen molar-refractivity contribution in [2.45, 2.75) is 82.5 Å². The maximum absolute atomic E-state index is 10.3. The smallest absolute Gasteiger partial charge is 0.0593 e. The van der Waals surface area contributed by atoms with Crippen LogP contribution in [-0.4, -0.2) is 35.6 Å². The van der Waals surface area contributed by atoms with Crippen LogP contribution in [0, 0.1) is 11.8 Å². The second-order valence-electron chi connectivity index (χ2n) is 6.54. The van der Waals surface area contributed by atoms with E-state index in [2.05, 4.69) is 0 Å². The molecule has 2 aliphatic carbocycles. The van der Waals surface area contributed by atoms with E-state index in [1.807, 2.05) is 0 Å². The quantitative estimate of drug-likeness (QED) is 0.807. The zero-order chi connectivity index (χ0) is 13.7. The third-order valence-corrected chi connectivity index (χ3v) is 5.27. The van der Waals surface area contributed by atoms with Gasteiger partial charge in [-0.3, -0.25) is 0 Å². The van der Waals surface area contributed by atoms with Crippen LogP contribution in [0.25, 0.3) is 0 Å². The first-order valence-electron chi connectivity index (χ1n) is 8.09. The van der Waals surface area contributed by atoms with Crippen molar-refractivity contribution < 1.29 is 14.9 Å². The molecule has 2 atom stereocenters. The summed E-state index contributed by atoms with van der Waals surface area (Å²) in [6.07, 6.45) is 10.6. The Bertz CT molecular complexity index is 242. The van der Waals surface area contributed by atoms with E-state index in [4.69, 9.17) is 4.74 Å². The molecule has 112 valence electrons. The third-order valence-electron chi connectivity index (χ3n) is 5.27. The number of methoxy groups -OCH3 is 1. The Morgan fingerprint density at radius 1 is 0.842 bits per heavy atom. The van der Waals surface area contributed by atoms with Crippen molar-refractivity contribution in [2.24, 2.45) is 11.8 Å². The fraction of sp³-hybridized carbons (Fsp3) is 1.00. The molecule has 2 aliphatic rings. The highest BCUT2D eigenvalue weighted by atomic mass is 16.5. The molecule has 0 amide bonds. The molecule has 0 aromatic heterocycles. The monoisotopic (exact) mass is 270 g/mol. The highest BCUT2D eigenvalue weighted by Gasteiger charge is 2.30. The molecular weight excluding hydrogens is 240 g/mol. The topological polar surface area (TPSA) is 49.7 Å². The number of hydrogen-bond acceptors (Lipinski definition) is 3. The molecule has 2 unspecified atom stereocenters. The van der Waals surface area contributed by atoms with Crippen molar-refractivity contribution in [3.8, 4) is 0 Å². The van der Waals surface area contributed by atoms with E-state index in [0.717, 1.165) is 38.5 Å². The van der Waals surface area contributed by atoms with E-state index < -0.39 is 0 Å². The maximum atomic E-state index is 10.3. The van der Waals surface area contributed by atoms with E-state index in [1.165, 1.54) is 19.3 Å². The standard InChI is InChI=1S/C16H30O3/c1-19-14-9-7-13(8-10-14)16(18)11-15(17)12-5-3-2-4-6-12/h12-18H,2-11H2,1H3. The lowest BCUT2D eigenvalue weighted by Gasteiger charge is -2.33. The first kappa shape index (κ1) is 15.3.